The molecule has 0 spiro atoms. The van der Waals surface area contributed by atoms with Crippen LogP contribution in [-0.2, 0) is 0 Å². The first-order valence-corrected chi connectivity index (χ1v) is 24.1. The fourth-order valence-corrected chi connectivity index (χ4v) is 10.2. The van der Waals surface area contributed by atoms with E-state index in [1.807, 2.05) is 18.2 Å². The lowest BCUT2D eigenvalue weighted by molar-refractivity contribution is 1.17. The molecule has 11 aromatic carbocycles. The molecule has 13 rings (SSSR count). The van der Waals surface area contributed by atoms with Crippen molar-refractivity contribution < 1.29 is 0 Å². The molecule has 0 aliphatic carbocycles. The van der Waals surface area contributed by atoms with Crippen molar-refractivity contribution in [1.29, 1.82) is 0 Å². The largest absolute Gasteiger partial charge is 0.311 e. The van der Waals surface area contributed by atoms with Crippen LogP contribution in [-0.4, -0.2) is 14.5 Å². The van der Waals surface area contributed by atoms with Crippen molar-refractivity contribution in [2.75, 3.05) is 9.80 Å². The van der Waals surface area contributed by atoms with E-state index in [0.29, 0.717) is 5.82 Å². The zero-order valence-electron chi connectivity index (χ0n) is 38.7. The van der Waals surface area contributed by atoms with E-state index < -0.39 is 0 Å². The fraction of sp³-hybridized carbons (Fsp3) is 0. The molecule has 0 fully saturated rings. The predicted molar refractivity (Wildman–Crippen MR) is 297 cm³/mol. The lowest BCUT2D eigenvalue weighted by Crippen LogP contribution is -2.12. The van der Waals surface area contributed by atoms with Gasteiger partial charge in [0.1, 0.15) is 0 Å². The highest BCUT2D eigenvalue weighted by Gasteiger charge is 2.20. The average molecular weight is 908 g/mol. The number of hydrogen-bond acceptors (Lipinski definition) is 4. The first-order chi connectivity index (χ1) is 35.2. The molecule has 0 saturated carbocycles. The van der Waals surface area contributed by atoms with Crippen LogP contribution in [0.1, 0.15) is 0 Å². The smallest absolute Gasteiger partial charge is 0.160 e. The monoisotopic (exact) mass is 907 g/mol. The number of benzene rings is 11. The highest BCUT2D eigenvalue weighted by atomic mass is 15.2. The summed E-state index contributed by atoms with van der Waals surface area (Å²) < 4.78 is 2.42. The van der Waals surface area contributed by atoms with E-state index in [2.05, 4.69) is 269 Å². The Balaban J connectivity index is 0.912. The number of fused-ring (bicyclic) bond motifs is 5. The van der Waals surface area contributed by atoms with Crippen LogP contribution in [0, 0.1) is 0 Å². The summed E-state index contributed by atoms with van der Waals surface area (Å²) in [5, 5.41) is 5.81. The molecule has 71 heavy (non-hydrogen) atoms. The number of anilines is 6. The zero-order valence-corrected chi connectivity index (χ0v) is 38.7. The number of nitrogens with zero attached hydrogens (tertiary/aromatic N) is 5. The van der Waals surface area contributed by atoms with Gasteiger partial charge < -0.3 is 14.4 Å². The molecule has 0 atom stereocenters. The second-order valence-corrected chi connectivity index (χ2v) is 17.8. The maximum absolute atomic E-state index is 5.14. The van der Waals surface area contributed by atoms with Gasteiger partial charge in [0.25, 0.3) is 0 Å². The Labute approximate surface area is 412 Å². The molecule has 13 aromatic rings. The van der Waals surface area contributed by atoms with Crippen molar-refractivity contribution in [3.05, 3.63) is 273 Å². The van der Waals surface area contributed by atoms with E-state index in [1.54, 1.807) is 0 Å². The first-order valence-electron chi connectivity index (χ1n) is 24.1. The second kappa shape index (κ2) is 17.8. The van der Waals surface area contributed by atoms with Crippen molar-refractivity contribution in [1.82, 2.24) is 14.5 Å². The highest BCUT2D eigenvalue weighted by molar-refractivity contribution is 6.10. The van der Waals surface area contributed by atoms with Gasteiger partial charge in [0.2, 0.25) is 0 Å². The van der Waals surface area contributed by atoms with Crippen LogP contribution in [0.15, 0.2) is 273 Å². The minimum atomic E-state index is 0.708. The van der Waals surface area contributed by atoms with Gasteiger partial charge in [-0.25, -0.2) is 9.97 Å². The lowest BCUT2D eigenvalue weighted by Gasteiger charge is -2.29. The van der Waals surface area contributed by atoms with E-state index in [1.165, 1.54) is 21.5 Å². The van der Waals surface area contributed by atoms with Crippen LogP contribution in [0.5, 0.6) is 0 Å². The van der Waals surface area contributed by atoms with Crippen LogP contribution in [0.4, 0.5) is 34.1 Å². The van der Waals surface area contributed by atoms with E-state index in [-0.39, 0.29) is 0 Å². The molecular formula is C66H45N5. The Bertz CT molecular complexity index is 3990. The molecule has 5 nitrogen and oxygen atoms in total. The van der Waals surface area contributed by atoms with E-state index in [0.717, 1.165) is 89.7 Å². The Hall–Kier alpha value is -9.58. The molecule has 0 aliphatic rings. The highest BCUT2D eigenvalue weighted by Crippen LogP contribution is 2.43. The third kappa shape index (κ3) is 7.63. The molecule has 0 amide bonds. The van der Waals surface area contributed by atoms with E-state index >= 15 is 0 Å². The summed E-state index contributed by atoms with van der Waals surface area (Å²) in [6, 6.07) is 97.2. The standard InChI is InChI=1S/C66H45N5/c1-4-19-48(20-5-1)65-60-30-12-14-31-61(60)67-66(68-65)49-36-34-46(35-37-49)50-38-43-59-58-29-13-15-32-63(58)71(64(59)44-50)56-27-17-26-55(45-56)70(62-33-16-21-47-18-10-11-28-57(47)62)54-41-39-53(40-42-54)69(51-22-6-2-7-23-51)52-24-8-3-9-25-52/h1-45H. The van der Waals surface area contributed by atoms with Crippen molar-refractivity contribution in [3.63, 3.8) is 0 Å². The summed E-state index contributed by atoms with van der Waals surface area (Å²) in [5.41, 5.74) is 16.0. The molecule has 0 aliphatic heterocycles. The van der Waals surface area contributed by atoms with Gasteiger partial charge in [-0.05, 0) is 108 Å². The summed E-state index contributed by atoms with van der Waals surface area (Å²) in [6.07, 6.45) is 0. The Kier molecular flexibility index (Phi) is 10.4. The summed E-state index contributed by atoms with van der Waals surface area (Å²) in [7, 11) is 0. The topological polar surface area (TPSA) is 37.2 Å². The van der Waals surface area contributed by atoms with Crippen molar-refractivity contribution in [2.24, 2.45) is 0 Å². The maximum Gasteiger partial charge on any atom is 0.160 e. The van der Waals surface area contributed by atoms with Crippen LogP contribution in [0.3, 0.4) is 0 Å². The molecule has 2 heterocycles. The minimum Gasteiger partial charge on any atom is -0.311 e. The quantitative estimate of drug-likeness (QED) is 0.137. The molecule has 334 valence electrons. The van der Waals surface area contributed by atoms with Crippen molar-refractivity contribution in [3.8, 4) is 39.5 Å². The van der Waals surface area contributed by atoms with Gasteiger partial charge in [-0.1, -0.05) is 182 Å². The van der Waals surface area contributed by atoms with Gasteiger partial charge >= 0.3 is 0 Å². The van der Waals surface area contributed by atoms with Crippen LogP contribution >= 0.6 is 0 Å². The summed E-state index contributed by atoms with van der Waals surface area (Å²) in [4.78, 5) is 14.9. The van der Waals surface area contributed by atoms with Gasteiger partial charge in [-0.15, -0.1) is 0 Å². The zero-order chi connectivity index (χ0) is 47.1. The Morgan fingerprint density at radius 2 is 0.831 bits per heavy atom. The third-order valence-corrected chi connectivity index (χ3v) is 13.5. The summed E-state index contributed by atoms with van der Waals surface area (Å²) >= 11 is 0. The Morgan fingerprint density at radius 3 is 1.58 bits per heavy atom. The van der Waals surface area contributed by atoms with Crippen molar-refractivity contribution in [2.45, 2.75) is 0 Å². The SMILES string of the molecule is c1ccc(-c2nc(-c3ccc(-c4ccc5c6ccccc6n(-c6cccc(N(c7ccc(N(c8ccccc8)c8ccccc8)cc7)c7cccc8ccccc78)c6)c5c4)cc3)nc3ccccc23)cc1. The number of para-hydroxylation sites is 4. The van der Waals surface area contributed by atoms with Gasteiger partial charge in [0, 0.05) is 66.8 Å². The number of rotatable bonds is 10. The molecule has 5 heteroatoms. The molecule has 0 saturated heterocycles. The fourth-order valence-electron chi connectivity index (χ4n) is 10.2. The maximum atomic E-state index is 5.14. The molecule has 2 aromatic heterocycles. The molecule has 0 bridgehead atoms. The van der Waals surface area contributed by atoms with Gasteiger partial charge in [0.15, 0.2) is 5.82 Å². The van der Waals surface area contributed by atoms with Gasteiger partial charge in [-0.3, -0.25) is 0 Å². The lowest BCUT2D eigenvalue weighted by atomic mass is 10.0. The third-order valence-electron chi connectivity index (χ3n) is 13.5. The van der Waals surface area contributed by atoms with E-state index in [4.69, 9.17) is 9.97 Å². The Morgan fingerprint density at radius 1 is 0.296 bits per heavy atom. The first kappa shape index (κ1) is 41.6. The van der Waals surface area contributed by atoms with Gasteiger partial charge in [-0.2, -0.15) is 0 Å². The summed E-state index contributed by atoms with van der Waals surface area (Å²) in [6.45, 7) is 0. The van der Waals surface area contributed by atoms with Gasteiger partial charge in [0.05, 0.1) is 27.9 Å². The predicted octanol–water partition coefficient (Wildman–Crippen LogP) is 17.8. The number of hydrogen-bond donors (Lipinski definition) is 0. The van der Waals surface area contributed by atoms with Crippen molar-refractivity contribution >= 4 is 77.6 Å². The van der Waals surface area contributed by atoms with Crippen LogP contribution in [0.2, 0.25) is 0 Å². The van der Waals surface area contributed by atoms with Crippen LogP contribution < -0.4 is 9.80 Å². The average Bonchev–Trinajstić information content (AvgIpc) is 3.78. The summed E-state index contributed by atoms with van der Waals surface area (Å²) in [5.74, 6) is 0.708. The normalized spacial score (nSPS) is 11.4. The number of aromatic nitrogens is 3. The minimum absolute atomic E-state index is 0.708. The molecule has 0 radical (unpaired) electrons. The molecular weight excluding hydrogens is 863 g/mol. The molecule has 0 unspecified atom stereocenters. The second-order valence-electron chi connectivity index (χ2n) is 17.8. The van der Waals surface area contributed by atoms with E-state index in [9.17, 15) is 0 Å². The van der Waals surface area contributed by atoms with Crippen LogP contribution in [0.25, 0.3) is 82.9 Å². The molecule has 0 N–H and O–H groups in total.